The minimum absolute atomic E-state index is 0.0149. The summed E-state index contributed by atoms with van der Waals surface area (Å²) in [5.74, 6) is 1.34. The van der Waals surface area contributed by atoms with Crippen molar-refractivity contribution in [3.8, 4) is 5.75 Å². The fourth-order valence-corrected chi connectivity index (χ4v) is 4.66. The van der Waals surface area contributed by atoms with Crippen LogP contribution in [-0.4, -0.2) is 42.4 Å². The zero-order valence-corrected chi connectivity index (χ0v) is 20.5. The van der Waals surface area contributed by atoms with Crippen LogP contribution in [0.1, 0.15) is 65.4 Å². The van der Waals surface area contributed by atoms with Gasteiger partial charge in [-0.05, 0) is 48.3 Å². The molecule has 1 aromatic carbocycles. The maximum Gasteiger partial charge on any atom is 0.133 e. The lowest BCUT2D eigenvalue weighted by atomic mass is 9.83. The Bertz CT molecular complexity index is 701. The molecular weight excluding hydrogens is 404 g/mol. The normalized spacial score (nSPS) is 26.2. The lowest BCUT2D eigenvalue weighted by Crippen LogP contribution is -2.47. The predicted molar refractivity (Wildman–Crippen MR) is 128 cm³/mol. The summed E-state index contributed by atoms with van der Waals surface area (Å²) in [5, 5.41) is 10.6. The Balaban J connectivity index is 1.84. The van der Waals surface area contributed by atoms with Gasteiger partial charge in [-0.2, -0.15) is 0 Å². The highest BCUT2D eigenvalue weighted by Gasteiger charge is 2.37. The molecule has 5 heteroatoms. The average Bonchev–Trinajstić information content (AvgIpc) is 2.76. The fourth-order valence-electron chi connectivity index (χ4n) is 4.66. The molecule has 1 saturated heterocycles. The second-order valence-corrected chi connectivity index (χ2v) is 9.47. The number of methoxy groups -OCH3 is 1. The van der Waals surface area contributed by atoms with Crippen molar-refractivity contribution in [2.24, 2.45) is 17.8 Å². The Labute approximate surface area is 194 Å². The number of ether oxygens (including phenoxy) is 3. The molecule has 1 N–H and O–H groups in total. The van der Waals surface area contributed by atoms with Crippen LogP contribution in [0.2, 0.25) is 0 Å². The number of hydrogen-bond acceptors (Lipinski definition) is 5. The third kappa shape index (κ3) is 7.72. The molecule has 0 aliphatic carbocycles. The number of rotatable bonds is 13. The Morgan fingerprint density at radius 3 is 2.56 bits per heavy atom. The average molecular weight is 447 g/mol. The minimum Gasteiger partial charge on any atom is -0.497 e. The van der Waals surface area contributed by atoms with Gasteiger partial charge in [0, 0.05) is 12.8 Å². The van der Waals surface area contributed by atoms with E-state index in [1.807, 2.05) is 38.1 Å². The largest absolute Gasteiger partial charge is 0.497 e. The lowest BCUT2D eigenvalue weighted by Gasteiger charge is -2.41. The van der Waals surface area contributed by atoms with E-state index in [-0.39, 0.29) is 35.9 Å². The van der Waals surface area contributed by atoms with E-state index in [9.17, 15) is 9.90 Å². The predicted octanol–water partition coefficient (Wildman–Crippen LogP) is 5.34. The van der Waals surface area contributed by atoms with Crippen molar-refractivity contribution in [2.45, 2.75) is 90.8 Å². The number of carbonyl (C=O) groups excluding carboxylic acids is 1. The molecule has 0 unspecified atom stereocenters. The van der Waals surface area contributed by atoms with Gasteiger partial charge in [0.05, 0.1) is 38.1 Å². The highest BCUT2D eigenvalue weighted by molar-refractivity contribution is 5.79. The molecule has 2 rings (SSSR count). The topological polar surface area (TPSA) is 65.0 Å². The van der Waals surface area contributed by atoms with Crippen LogP contribution >= 0.6 is 0 Å². The molecule has 1 aromatic rings. The number of Topliss-reactive ketones (excluding diaryl/α,β-unsaturated/α-hetero) is 1. The van der Waals surface area contributed by atoms with Crippen molar-refractivity contribution in [3.63, 3.8) is 0 Å². The van der Waals surface area contributed by atoms with E-state index in [2.05, 4.69) is 20.4 Å². The van der Waals surface area contributed by atoms with Gasteiger partial charge in [-0.1, -0.05) is 52.3 Å². The quantitative estimate of drug-likeness (QED) is 0.414. The number of hydrogen-bond donors (Lipinski definition) is 1. The van der Waals surface area contributed by atoms with E-state index in [0.717, 1.165) is 30.6 Å². The van der Waals surface area contributed by atoms with E-state index in [4.69, 9.17) is 14.2 Å². The third-order valence-electron chi connectivity index (χ3n) is 6.59. The molecule has 32 heavy (non-hydrogen) atoms. The Hall–Kier alpha value is -1.69. The number of benzene rings is 1. The van der Waals surface area contributed by atoms with Gasteiger partial charge >= 0.3 is 0 Å². The molecule has 1 fully saturated rings. The van der Waals surface area contributed by atoms with Crippen molar-refractivity contribution in [1.82, 2.24) is 0 Å². The van der Waals surface area contributed by atoms with Crippen LogP contribution in [0.5, 0.6) is 5.75 Å². The first-order valence-electron chi connectivity index (χ1n) is 12.0. The summed E-state index contributed by atoms with van der Waals surface area (Å²) in [7, 11) is 1.64. The van der Waals surface area contributed by atoms with Gasteiger partial charge in [-0.3, -0.25) is 4.79 Å². The Morgan fingerprint density at radius 1 is 1.28 bits per heavy atom. The van der Waals surface area contributed by atoms with Gasteiger partial charge in [-0.25, -0.2) is 0 Å². The standard InChI is InChI=1S/C27H42O5/c1-7-9-26-19(4)16-24(29)27(32-26)20(5)15-22(28)14-18(3)25(8-2)31-17-21-10-12-23(30-6)13-11-21/h8,10-13,18-20,24-27,29H,2,7,9,14-17H2,1,3-6H3/t18-,19+,20-,24-,25+,26+,27-/m0/s1. The fraction of sp³-hybridized carbons (Fsp3) is 0.667. The van der Waals surface area contributed by atoms with Crippen LogP contribution < -0.4 is 4.74 Å². The van der Waals surface area contributed by atoms with Gasteiger partial charge in [0.1, 0.15) is 11.5 Å². The summed E-state index contributed by atoms with van der Waals surface area (Å²) < 4.78 is 17.5. The molecular formula is C27H42O5. The van der Waals surface area contributed by atoms with E-state index in [0.29, 0.717) is 25.4 Å². The van der Waals surface area contributed by atoms with Crippen molar-refractivity contribution in [3.05, 3.63) is 42.5 Å². The summed E-state index contributed by atoms with van der Waals surface area (Å²) in [6.45, 7) is 12.7. The molecule has 0 amide bonds. The molecule has 1 heterocycles. The van der Waals surface area contributed by atoms with E-state index in [1.54, 1.807) is 13.2 Å². The number of aliphatic hydroxyl groups is 1. The second kappa shape index (κ2) is 13.1. The maximum absolute atomic E-state index is 12.8. The smallest absolute Gasteiger partial charge is 0.133 e. The van der Waals surface area contributed by atoms with Gasteiger partial charge in [0.2, 0.25) is 0 Å². The molecule has 1 aliphatic heterocycles. The zero-order valence-electron chi connectivity index (χ0n) is 20.5. The van der Waals surface area contributed by atoms with Gasteiger partial charge < -0.3 is 19.3 Å². The first-order chi connectivity index (χ1) is 15.3. The molecule has 0 spiro atoms. The minimum atomic E-state index is -0.507. The summed E-state index contributed by atoms with van der Waals surface area (Å²) in [5.41, 5.74) is 1.05. The van der Waals surface area contributed by atoms with Crippen molar-refractivity contribution >= 4 is 5.78 Å². The molecule has 180 valence electrons. The monoisotopic (exact) mass is 446 g/mol. The Morgan fingerprint density at radius 2 is 1.97 bits per heavy atom. The van der Waals surface area contributed by atoms with Crippen LogP contribution in [0.3, 0.4) is 0 Å². The summed E-state index contributed by atoms with van der Waals surface area (Å²) in [6.07, 6.45) is 4.57. The summed E-state index contributed by atoms with van der Waals surface area (Å²) in [6, 6.07) is 7.75. The highest BCUT2D eigenvalue weighted by atomic mass is 16.5. The number of aliphatic hydroxyl groups excluding tert-OH is 1. The Kier molecular flexibility index (Phi) is 10.9. The first kappa shape index (κ1) is 26.6. The maximum atomic E-state index is 12.8. The molecule has 7 atom stereocenters. The molecule has 1 aliphatic rings. The molecule has 0 bridgehead atoms. The van der Waals surface area contributed by atoms with Crippen molar-refractivity contribution in [2.75, 3.05) is 7.11 Å². The SMILES string of the molecule is C=C[C@@H](OCc1ccc(OC)cc1)[C@@H](C)CC(=O)C[C@H](C)[C@@H]1O[C@H](CCC)[C@H](C)C[C@@H]1O. The second-order valence-electron chi connectivity index (χ2n) is 9.47. The third-order valence-corrected chi connectivity index (χ3v) is 6.59. The van der Waals surface area contributed by atoms with E-state index >= 15 is 0 Å². The first-order valence-corrected chi connectivity index (χ1v) is 12.0. The molecule has 5 nitrogen and oxygen atoms in total. The molecule has 0 saturated carbocycles. The lowest BCUT2D eigenvalue weighted by molar-refractivity contribution is -0.164. The molecule has 0 radical (unpaired) electrons. The van der Waals surface area contributed by atoms with Crippen molar-refractivity contribution < 1.29 is 24.1 Å². The van der Waals surface area contributed by atoms with Crippen molar-refractivity contribution in [1.29, 1.82) is 0 Å². The summed E-state index contributed by atoms with van der Waals surface area (Å²) >= 11 is 0. The highest BCUT2D eigenvalue weighted by Crippen LogP contribution is 2.33. The number of ketones is 1. The van der Waals surface area contributed by atoms with Crippen LogP contribution in [0.15, 0.2) is 36.9 Å². The zero-order chi connectivity index (χ0) is 23.7. The van der Waals surface area contributed by atoms with E-state index < -0.39 is 6.10 Å². The van der Waals surface area contributed by atoms with Crippen LogP contribution in [0, 0.1) is 17.8 Å². The molecule has 0 aromatic heterocycles. The van der Waals surface area contributed by atoms with Crippen LogP contribution in [0.4, 0.5) is 0 Å². The van der Waals surface area contributed by atoms with Crippen LogP contribution in [0.25, 0.3) is 0 Å². The van der Waals surface area contributed by atoms with E-state index in [1.165, 1.54) is 0 Å². The van der Waals surface area contributed by atoms with Crippen LogP contribution in [-0.2, 0) is 20.9 Å². The van der Waals surface area contributed by atoms with Gasteiger partial charge in [-0.15, -0.1) is 6.58 Å². The van der Waals surface area contributed by atoms with Gasteiger partial charge in [0.15, 0.2) is 0 Å². The number of carbonyl (C=O) groups is 1. The van der Waals surface area contributed by atoms with Gasteiger partial charge in [0.25, 0.3) is 0 Å². The summed E-state index contributed by atoms with van der Waals surface area (Å²) in [4.78, 5) is 12.8.